The van der Waals surface area contributed by atoms with Crippen molar-refractivity contribution in [2.75, 3.05) is 11.6 Å². The molecule has 2 aromatic heterocycles. The first-order chi connectivity index (χ1) is 16.2. The average molecular weight is 518 g/mol. The van der Waals surface area contributed by atoms with Crippen LogP contribution < -0.4 is 5.32 Å². The van der Waals surface area contributed by atoms with Gasteiger partial charge in [-0.3, -0.25) is 9.48 Å². The average Bonchev–Trinajstić information content (AvgIpc) is 3.44. The van der Waals surface area contributed by atoms with Crippen LogP contribution in [0.2, 0.25) is 0 Å². The number of hydrogen-bond acceptors (Lipinski definition) is 5. The monoisotopic (exact) mass is 517 g/mol. The fourth-order valence-corrected chi connectivity index (χ4v) is 6.14. The second-order valence-electron chi connectivity index (χ2n) is 10.2. The molecule has 0 radical (unpaired) electrons. The quantitative estimate of drug-likeness (QED) is 0.509. The van der Waals surface area contributed by atoms with Crippen molar-refractivity contribution >= 4 is 21.3 Å². The van der Waals surface area contributed by atoms with E-state index in [-0.39, 0.29) is 47.6 Å². The second kappa shape index (κ2) is 7.71. The summed E-state index contributed by atoms with van der Waals surface area (Å²) in [5.41, 5.74) is -2.26. The molecule has 0 bridgehead atoms. The molecule has 3 aliphatic rings. The largest absolute Gasteiger partial charge is 0.420 e. The van der Waals surface area contributed by atoms with Crippen molar-refractivity contribution in [2.24, 2.45) is 11.3 Å². The molecule has 2 aromatic rings. The molecule has 0 aromatic carbocycles. The van der Waals surface area contributed by atoms with E-state index in [4.69, 9.17) is 4.78 Å². The Labute approximate surface area is 198 Å². The second-order valence-corrected chi connectivity index (χ2v) is 12.3. The third kappa shape index (κ3) is 4.66. The van der Waals surface area contributed by atoms with Crippen molar-refractivity contribution in [3.05, 3.63) is 35.3 Å². The van der Waals surface area contributed by atoms with Gasteiger partial charge in [-0.25, -0.2) is 22.8 Å². The van der Waals surface area contributed by atoms with Gasteiger partial charge in [0.2, 0.25) is 5.92 Å². The predicted molar refractivity (Wildman–Crippen MR) is 116 cm³/mol. The number of hydrogen-bond donors (Lipinski definition) is 2. The van der Waals surface area contributed by atoms with E-state index in [0.29, 0.717) is 25.7 Å². The minimum Gasteiger partial charge on any atom is -0.320 e. The summed E-state index contributed by atoms with van der Waals surface area (Å²) in [6.07, 6.45) is -0.850. The number of aromatic nitrogens is 3. The molecule has 2 heterocycles. The number of anilines is 1. The number of rotatable bonds is 6. The van der Waals surface area contributed by atoms with Gasteiger partial charge < -0.3 is 5.32 Å². The molecule has 1 atom stereocenters. The summed E-state index contributed by atoms with van der Waals surface area (Å²) >= 11 is 0. The van der Waals surface area contributed by atoms with Crippen LogP contribution in [0.15, 0.2) is 23.4 Å². The molecule has 3 aliphatic carbocycles. The first-order valence-corrected chi connectivity index (χ1v) is 13.2. The van der Waals surface area contributed by atoms with Crippen molar-refractivity contribution in [1.29, 1.82) is 4.78 Å². The van der Waals surface area contributed by atoms with Crippen LogP contribution in [0.4, 0.5) is 27.6 Å². The van der Waals surface area contributed by atoms with E-state index in [9.17, 15) is 31.0 Å². The van der Waals surface area contributed by atoms with Crippen LogP contribution in [-0.2, 0) is 22.5 Å². The van der Waals surface area contributed by atoms with Gasteiger partial charge in [0.25, 0.3) is 5.91 Å². The molecule has 0 aliphatic heterocycles. The van der Waals surface area contributed by atoms with E-state index < -0.39 is 44.4 Å². The van der Waals surface area contributed by atoms with Crippen molar-refractivity contribution < 1.29 is 31.0 Å². The molecule has 5 rings (SSSR count). The lowest BCUT2D eigenvalue weighted by Gasteiger charge is -2.57. The van der Waals surface area contributed by atoms with Gasteiger partial charge in [-0.15, -0.1) is 0 Å². The predicted octanol–water partition coefficient (Wildman–Crippen LogP) is 5.29. The Hall–Kier alpha value is -2.57. The van der Waals surface area contributed by atoms with Gasteiger partial charge in [0.15, 0.2) is 0 Å². The maximum Gasteiger partial charge on any atom is 0.420 e. The Morgan fingerprint density at radius 2 is 1.94 bits per heavy atom. The van der Waals surface area contributed by atoms with Crippen LogP contribution in [0.25, 0.3) is 0 Å². The lowest BCUT2D eigenvalue weighted by molar-refractivity contribution is -0.208. The lowest BCUT2D eigenvalue weighted by Crippen LogP contribution is -2.54. The highest BCUT2D eigenvalue weighted by atomic mass is 32.2. The third-order valence-electron chi connectivity index (χ3n) is 6.98. The van der Waals surface area contributed by atoms with Gasteiger partial charge in [-0.2, -0.15) is 18.3 Å². The molecule has 3 fully saturated rings. The van der Waals surface area contributed by atoms with Crippen molar-refractivity contribution in [2.45, 2.75) is 68.1 Å². The Kier molecular flexibility index (Phi) is 5.32. The van der Waals surface area contributed by atoms with E-state index in [0.717, 1.165) is 10.9 Å². The molecule has 0 saturated heterocycles. The number of carbonyl (C=O) groups is 1. The van der Waals surface area contributed by atoms with Crippen molar-refractivity contribution in [1.82, 2.24) is 14.8 Å². The Morgan fingerprint density at radius 1 is 1.29 bits per heavy atom. The zero-order valence-corrected chi connectivity index (χ0v) is 19.6. The fourth-order valence-electron chi connectivity index (χ4n) is 5.53. The van der Waals surface area contributed by atoms with Crippen molar-refractivity contribution in [3.8, 4) is 0 Å². The van der Waals surface area contributed by atoms with Crippen LogP contribution in [0.3, 0.4) is 0 Å². The molecule has 1 spiro atoms. The summed E-state index contributed by atoms with van der Waals surface area (Å²) in [6.45, 7) is 0.0307. The van der Waals surface area contributed by atoms with Crippen LogP contribution in [-0.4, -0.2) is 37.1 Å². The molecular formula is C22H24F5N5O2S. The molecule has 0 unspecified atom stereocenters. The zero-order chi connectivity index (χ0) is 25.4. The van der Waals surface area contributed by atoms with Gasteiger partial charge in [0.05, 0.1) is 15.4 Å². The number of nitrogens with zero attached hydrogens (tertiary/aromatic N) is 3. The highest BCUT2D eigenvalue weighted by Gasteiger charge is 2.61. The third-order valence-corrected chi connectivity index (χ3v) is 8.00. The number of amides is 1. The number of alkyl halides is 5. The first-order valence-electron chi connectivity index (χ1n) is 11.2. The lowest BCUT2D eigenvalue weighted by atomic mass is 9.50. The van der Waals surface area contributed by atoms with Gasteiger partial charge in [-0.1, -0.05) is 0 Å². The molecule has 2 N–H and O–H groups in total. The van der Waals surface area contributed by atoms with Crippen LogP contribution in [0.5, 0.6) is 0 Å². The molecule has 35 heavy (non-hydrogen) atoms. The van der Waals surface area contributed by atoms with E-state index in [2.05, 4.69) is 15.4 Å². The van der Waals surface area contributed by atoms with E-state index >= 15 is 0 Å². The van der Waals surface area contributed by atoms with Gasteiger partial charge in [0, 0.05) is 43.4 Å². The summed E-state index contributed by atoms with van der Waals surface area (Å²) < 4.78 is 89.8. The summed E-state index contributed by atoms with van der Waals surface area (Å²) in [5, 5.41) is 6.49. The molecular weight excluding hydrogens is 493 g/mol. The Balaban J connectivity index is 1.45. The highest BCUT2D eigenvalue weighted by Crippen LogP contribution is 2.64. The summed E-state index contributed by atoms with van der Waals surface area (Å²) in [4.78, 5) is 17.0. The number of halogens is 5. The standard InChI is InChI=1S/C22H24F5N5O2S/c1-35(28,34)15-6-14(4-5-29-15)30-19(33)18-16(22(25,26)27)17(13-2-3-13)31-32(18)9-12-7-20(8-12)10-21(23,24)11-20/h4-6,12-13,28H,2-3,7-11H2,1H3,(H,29,30,33)/t35-/m0/s1. The topological polar surface area (TPSA) is 101 Å². The van der Waals surface area contributed by atoms with Gasteiger partial charge in [0.1, 0.15) is 16.3 Å². The zero-order valence-electron chi connectivity index (χ0n) is 18.8. The molecule has 3 saturated carbocycles. The molecule has 13 heteroatoms. The number of carbonyl (C=O) groups excluding carboxylic acids is 1. The first kappa shape index (κ1) is 24.1. The summed E-state index contributed by atoms with van der Waals surface area (Å²) in [5.74, 6) is -4.23. The van der Waals surface area contributed by atoms with Crippen LogP contribution in [0, 0.1) is 16.1 Å². The van der Waals surface area contributed by atoms with Gasteiger partial charge >= 0.3 is 6.18 Å². The summed E-state index contributed by atoms with van der Waals surface area (Å²) in [6, 6.07) is 2.52. The minimum atomic E-state index is -4.82. The van der Waals surface area contributed by atoms with E-state index in [1.54, 1.807) is 0 Å². The fraction of sp³-hybridized carbons (Fsp3) is 0.591. The van der Waals surface area contributed by atoms with Crippen LogP contribution in [0.1, 0.15) is 66.2 Å². The normalized spacial score (nSPS) is 22.8. The van der Waals surface area contributed by atoms with Crippen LogP contribution >= 0.6 is 0 Å². The minimum absolute atomic E-state index is 0.0307. The maximum atomic E-state index is 14.1. The molecule has 7 nitrogen and oxygen atoms in total. The molecule has 1 amide bonds. The SMILES string of the molecule is C[S@](=N)(=O)c1cc(NC(=O)c2c(C(F)(F)F)c(C3CC3)nn2CC2CC3(C2)CC(F)(F)C3)ccn1. The molecule has 190 valence electrons. The van der Waals surface area contributed by atoms with Gasteiger partial charge in [-0.05, 0) is 49.1 Å². The Morgan fingerprint density at radius 3 is 2.49 bits per heavy atom. The van der Waals surface area contributed by atoms with Crippen molar-refractivity contribution in [3.63, 3.8) is 0 Å². The summed E-state index contributed by atoms with van der Waals surface area (Å²) in [7, 11) is -3.21. The smallest absolute Gasteiger partial charge is 0.320 e. The Bertz CT molecular complexity index is 1280. The van der Waals surface area contributed by atoms with E-state index in [1.165, 1.54) is 18.3 Å². The maximum absolute atomic E-state index is 14.1. The van der Waals surface area contributed by atoms with E-state index in [1.807, 2.05) is 0 Å². The highest BCUT2D eigenvalue weighted by molar-refractivity contribution is 7.91. The number of pyridine rings is 1. The number of nitrogens with one attached hydrogen (secondary N) is 2.